The largest absolute Gasteiger partial charge is 0.435 e. The molecule has 0 radical (unpaired) electrons. The van der Waals surface area contributed by atoms with E-state index in [-0.39, 0.29) is 5.75 Å². The standard InChI is InChI=1S/C25H38F2O/c1-2-3-4-5-6-19-7-9-20(10-8-19)21-11-13-22(14-12-21)23-15-17-24(18-16-23)28-25(26)27/h15-22,25H,2-14H2,1H3. The summed E-state index contributed by atoms with van der Waals surface area (Å²) >= 11 is 0. The molecule has 0 N–H and O–H groups in total. The zero-order valence-corrected chi connectivity index (χ0v) is 17.6. The molecule has 3 heteroatoms. The quantitative estimate of drug-likeness (QED) is 0.384. The smallest absolute Gasteiger partial charge is 0.387 e. The van der Waals surface area contributed by atoms with Gasteiger partial charge in [0.15, 0.2) is 0 Å². The molecule has 28 heavy (non-hydrogen) atoms. The molecule has 0 unspecified atom stereocenters. The van der Waals surface area contributed by atoms with E-state index in [1.807, 2.05) is 12.1 Å². The van der Waals surface area contributed by atoms with E-state index in [0.717, 1.165) is 17.8 Å². The molecule has 158 valence electrons. The van der Waals surface area contributed by atoms with Gasteiger partial charge >= 0.3 is 6.61 Å². The molecular weight excluding hydrogens is 354 g/mol. The maximum Gasteiger partial charge on any atom is 0.387 e. The van der Waals surface area contributed by atoms with Crippen molar-refractivity contribution in [2.24, 2.45) is 17.8 Å². The second kappa shape index (κ2) is 11.2. The van der Waals surface area contributed by atoms with Gasteiger partial charge in [-0.15, -0.1) is 0 Å². The third-order valence-electron chi connectivity index (χ3n) is 7.37. The first kappa shape index (κ1) is 21.6. The van der Waals surface area contributed by atoms with Crippen LogP contribution in [0.5, 0.6) is 5.75 Å². The molecule has 0 aliphatic heterocycles. The van der Waals surface area contributed by atoms with Crippen LogP contribution in [0.3, 0.4) is 0 Å². The third kappa shape index (κ3) is 6.46. The Morgan fingerprint density at radius 2 is 1.43 bits per heavy atom. The average molecular weight is 393 g/mol. The molecule has 0 aromatic heterocycles. The molecule has 2 aliphatic rings. The van der Waals surface area contributed by atoms with E-state index in [2.05, 4.69) is 11.7 Å². The zero-order valence-electron chi connectivity index (χ0n) is 17.6. The fraction of sp³-hybridized carbons (Fsp3) is 0.760. The number of halogens is 2. The Balaban J connectivity index is 1.37. The van der Waals surface area contributed by atoms with E-state index in [1.165, 1.54) is 89.0 Å². The minimum Gasteiger partial charge on any atom is -0.435 e. The molecule has 1 aromatic rings. The predicted molar refractivity (Wildman–Crippen MR) is 112 cm³/mol. The van der Waals surface area contributed by atoms with E-state index >= 15 is 0 Å². The summed E-state index contributed by atoms with van der Waals surface area (Å²) < 4.78 is 29.0. The van der Waals surface area contributed by atoms with Crippen LogP contribution in [0, 0.1) is 17.8 Å². The Kier molecular flexibility index (Phi) is 8.61. The Labute approximate surface area is 170 Å². The molecule has 0 atom stereocenters. The van der Waals surface area contributed by atoms with Crippen LogP contribution in [0.1, 0.15) is 102 Å². The number of hydrogen-bond donors (Lipinski definition) is 0. The molecule has 2 aliphatic carbocycles. The van der Waals surface area contributed by atoms with Crippen LogP contribution in [0.4, 0.5) is 8.78 Å². The zero-order chi connectivity index (χ0) is 19.8. The van der Waals surface area contributed by atoms with Crippen molar-refractivity contribution in [3.8, 4) is 5.75 Å². The van der Waals surface area contributed by atoms with Gasteiger partial charge in [-0.3, -0.25) is 0 Å². The summed E-state index contributed by atoms with van der Waals surface area (Å²) in [7, 11) is 0. The highest BCUT2D eigenvalue weighted by Gasteiger charge is 2.31. The summed E-state index contributed by atoms with van der Waals surface area (Å²) in [6.45, 7) is -0.454. The van der Waals surface area contributed by atoms with Crippen molar-refractivity contribution in [2.45, 2.75) is 103 Å². The minimum atomic E-state index is -2.74. The van der Waals surface area contributed by atoms with E-state index in [4.69, 9.17) is 0 Å². The van der Waals surface area contributed by atoms with Gasteiger partial charge < -0.3 is 4.74 Å². The number of alkyl halides is 2. The van der Waals surface area contributed by atoms with Crippen LogP contribution in [-0.4, -0.2) is 6.61 Å². The van der Waals surface area contributed by atoms with Crippen LogP contribution in [0.15, 0.2) is 24.3 Å². The summed E-state index contributed by atoms with van der Waals surface area (Å²) in [6, 6.07) is 7.34. The van der Waals surface area contributed by atoms with Gasteiger partial charge in [0.25, 0.3) is 0 Å². The third-order valence-corrected chi connectivity index (χ3v) is 7.37. The first-order chi connectivity index (χ1) is 13.7. The van der Waals surface area contributed by atoms with Crippen LogP contribution >= 0.6 is 0 Å². The minimum absolute atomic E-state index is 0.263. The number of unbranched alkanes of at least 4 members (excludes halogenated alkanes) is 3. The van der Waals surface area contributed by atoms with Crippen molar-refractivity contribution in [3.05, 3.63) is 29.8 Å². The molecule has 2 fully saturated rings. The van der Waals surface area contributed by atoms with Gasteiger partial charge in [-0.1, -0.05) is 64.0 Å². The SMILES string of the molecule is CCCCCCC1CCC(C2CCC(c3ccc(OC(F)F)cc3)CC2)CC1. The highest BCUT2D eigenvalue weighted by atomic mass is 19.3. The molecule has 1 nitrogen and oxygen atoms in total. The summed E-state index contributed by atoms with van der Waals surface area (Å²) in [6.07, 6.45) is 18.1. The van der Waals surface area contributed by atoms with E-state index in [9.17, 15) is 8.78 Å². The molecule has 2 saturated carbocycles. The van der Waals surface area contributed by atoms with E-state index in [0.29, 0.717) is 5.92 Å². The Morgan fingerprint density at radius 1 is 0.821 bits per heavy atom. The predicted octanol–water partition coefficient (Wildman–Crippen LogP) is 8.34. The topological polar surface area (TPSA) is 9.23 Å². The lowest BCUT2D eigenvalue weighted by molar-refractivity contribution is -0.0498. The van der Waals surface area contributed by atoms with Crippen molar-refractivity contribution < 1.29 is 13.5 Å². The summed E-state index contributed by atoms with van der Waals surface area (Å²) in [4.78, 5) is 0. The fourth-order valence-corrected chi connectivity index (χ4v) is 5.65. The van der Waals surface area contributed by atoms with E-state index in [1.54, 1.807) is 12.1 Å². The van der Waals surface area contributed by atoms with Crippen LogP contribution in [0.25, 0.3) is 0 Å². The summed E-state index contributed by atoms with van der Waals surface area (Å²) in [5.74, 6) is 3.72. The maximum absolute atomic E-state index is 12.3. The lowest BCUT2D eigenvalue weighted by Gasteiger charge is -2.38. The molecule has 0 bridgehead atoms. The molecule has 0 spiro atoms. The van der Waals surface area contributed by atoms with Crippen molar-refractivity contribution in [1.82, 2.24) is 0 Å². The molecule has 3 rings (SSSR count). The fourth-order valence-electron chi connectivity index (χ4n) is 5.65. The summed E-state index contributed by atoms with van der Waals surface area (Å²) in [5.41, 5.74) is 1.29. The van der Waals surface area contributed by atoms with Gasteiger partial charge in [0.2, 0.25) is 0 Å². The normalized spacial score (nSPS) is 28.4. The highest BCUT2D eigenvalue weighted by molar-refractivity contribution is 5.29. The highest BCUT2D eigenvalue weighted by Crippen LogP contribution is 2.44. The Hall–Kier alpha value is -1.12. The first-order valence-electron chi connectivity index (χ1n) is 11.7. The maximum atomic E-state index is 12.3. The number of ether oxygens (including phenoxy) is 1. The number of hydrogen-bond acceptors (Lipinski definition) is 1. The van der Waals surface area contributed by atoms with Crippen LogP contribution < -0.4 is 4.74 Å². The molecule has 0 heterocycles. The van der Waals surface area contributed by atoms with Gasteiger partial charge in [0.1, 0.15) is 5.75 Å². The number of benzene rings is 1. The van der Waals surface area contributed by atoms with Gasteiger partial charge in [0, 0.05) is 0 Å². The second-order valence-electron chi connectivity index (χ2n) is 9.19. The van der Waals surface area contributed by atoms with Crippen LogP contribution in [-0.2, 0) is 0 Å². The van der Waals surface area contributed by atoms with Gasteiger partial charge in [-0.05, 0) is 79.9 Å². The first-order valence-corrected chi connectivity index (χ1v) is 11.7. The number of rotatable bonds is 9. The molecular formula is C25H38F2O. The van der Waals surface area contributed by atoms with Crippen LogP contribution in [0.2, 0.25) is 0 Å². The molecule has 0 amide bonds. The van der Waals surface area contributed by atoms with E-state index < -0.39 is 6.61 Å². The lowest BCUT2D eigenvalue weighted by atomic mass is 9.68. The van der Waals surface area contributed by atoms with Gasteiger partial charge in [-0.2, -0.15) is 8.78 Å². The van der Waals surface area contributed by atoms with Crippen molar-refractivity contribution in [2.75, 3.05) is 0 Å². The summed E-state index contributed by atoms with van der Waals surface area (Å²) in [5, 5.41) is 0. The molecule has 0 saturated heterocycles. The van der Waals surface area contributed by atoms with Crippen molar-refractivity contribution in [3.63, 3.8) is 0 Å². The molecule has 1 aromatic carbocycles. The van der Waals surface area contributed by atoms with Gasteiger partial charge in [0.05, 0.1) is 0 Å². The monoisotopic (exact) mass is 392 g/mol. The lowest BCUT2D eigenvalue weighted by Crippen LogP contribution is -2.25. The Morgan fingerprint density at radius 3 is 2.00 bits per heavy atom. The van der Waals surface area contributed by atoms with Crippen molar-refractivity contribution in [1.29, 1.82) is 0 Å². The Bertz CT molecular complexity index is 540. The average Bonchev–Trinajstić information content (AvgIpc) is 2.72. The van der Waals surface area contributed by atoms with Gasteiger partial charge in [-0.25, -0.2) is 0 Å². The second-order valence-corrected chi connectivity index (χ2v) is 9.19. The van der Waals surface area contributed by atoms with Crippen molar-refractivity contribution >= 4 is 0 Å².